The van der Waals surface area contributed by atoms with E-state index in [-0.39, 0.29) is 6.42 Å². The zero-order valence-electron chi connectivity index (χ0n) is 9.09. The third-order valence-electron chi connectivity index (χ3n) is 2.54. The van der Waals surface area contributed by atoms with Crippen molar-refractivity contribution in [2.24, 2.45) is 5.10 Å². The molecule has 0 saturated carbocycles. The molecule has 90 valence electrons. The summed E-state index contributed by atoms with van der Waals surface area (Å²) in [6.45, 7) is 1.62. The number of carbonyl (C=O) groups is 1. The number of aliphatic hydroxyl groups is 1. The first-order valence-electron chi connectivity index (χ1n) is 4.99. The first-order chi connectivity index (χ1) is 7.93. The second-order valence-corrected chi connectivity index (χ2v) is 3.92. The van der Waals surface area contributed by atoms with Gasteiger partial charge >= 0.3 is 5.97 Å². The highest BCUT2D eigenvalue weighted by atomic mass is 19.1. The van der Waals surface area contributed by atoms with E-state index in [2.05, 4.69) is 5.10 Å². The minimum absolute atomic E-state index is 0.0836. The molecule has 1 heterocycles. The standard InChI is InChI=1S/C11H11FN2O3/c1-7-6-11(17,10(15)16)14(13-7)9-4-2-8(12)3-5-9/h2-5,17H,6H2,1H3,(H,15,16). The quantitative estimate of drug-likeness (QED) is 0.811. The van der Waals surface area contributed by atoms with Crippen LogP contribution in [0.25, 0.3) is 0 Å². The number of carboxylic acid groups (broad SMARTS) is 1. The van der Waals surface area contributed by atoms with Crippen LogP contribution in [0, 0.1) is 5.82 Å². The average molecular weight is 238 g/mol. The summed E-state index contributed by atoms with van der Waals surface area (Å²) in [5.41, 5.74) is -1.27. The summed E-state index contributed by atoms with van der Waals surface area (Å²) in [5.74, 6) is -1.82. The van der Waals surface area contributed by atoms with E-state index in [1.54, 1.807) is 6.92 Å². The van der Waals surface area contributed by atoms with Crippen molar-refractivity contribution in [3.8, 4) is 0 Å². The number of aliphatic carboxylic acids is 1. The highest BCUT2D eigenvalue weighted by molar-refractivity contribution is 5.96. The SMILES string of the molecule is CC1=NN(c2ccc(F)cc2)C(O)(C(=O)O)C1. The van der Waals surface area contributed by atoms with Crippen LogP contribution in [0.4, 0.5) is 10.1 Å². The van der Waals surface area contributed by atoms with E-state index >= 15 is 0 Å². The summed E-state index contributed by atoms with van der Waals surface area (Å²) in [7, 11) is 0. The Morgan fingerprint density at radius 3 is 2.59 bits per heavy atom. The molecule has 0 aliphatic carbocycles. The lowest BCUT2D eigenvalue weighted by atomic mass is 10.1. The van der Waals surface area contributed by atoms with Crippen molar-refractivity contribution >= 4 is 17.4 Å². The zero-order valence-corrected chi connectivity index (χ0v) is 9.09. The van der Waals surface area contributed by atoms with Gasteiger partial charge in [0.15, 0.2) is 0 Å². The van der Waals surface area contributed by atoms with Crippen molar-refractivity contribution in [2.75, 3.05) is 5.01 Å². The number of benzene rings is 1. The number of nitrogens with zero attached hydrogens (tertiary/aromatic N) is 2. The molecular weight excluding hydrogens is 227 g/mol. The van der Waals surface area contributed by atoms with Crippen molar-refractivity contribution in [1.82, 2.24) is 0 Å². The van der Waals surface area contributed by atoms with Crippen molar-refractivity contribution in [3.05, 3.63) is 30.1 Å². The molecule has 5 nitrogen and oxygen atoms in total. The van der Waals surface area contributed by atoms with Gasteiger partial charge in [-0.05, 0) is 31.2 Å². The molecule has 2 rings (SSSR count). The van der Waals surface area contributed by atoms with E-state index < -0.39 is 17.5 Å². The fourth-order valence-electron chi connectivity index (χ4n) is 1.74. The molecule has 0 saturated heterocycles. The van der Waals surface area contributed by atoms with Crippen molar-refractivity contribution in [3.63, 3.8) is 0 Å². The Labute approximate surface area is 96.8 Å². The lowest BCUT2D eigenvalue weighted by Crippen LogP contribution is -2.50. The van der Waals surface area contributed by atoms with Crippen LogP contribution in [0.1, 0.15) is 13.3 Å². The number of hydrogen-bond acceptors (Lipinski definition) is 4. The van der Waals surface area contributed by atoms with E-state index in [1.807, 2.05) is 0 Å². The Morgan fingerprint density at radius 1 is 1.47 bits per heavy atom. The Hall–Kier alpha value is -1.95. The molecule has 1 aromatic rings. The topological polar surface area (TPSA) is 73.1 Å². The number of hydrazone groups is 1. The first kappa shape index (κ1) is 11.5. The molecule has 6 heteroatoms. The Morgan fingerprint density at radius 2 is 2.06 bits per heavy atom. The molecule has 1 aromatic carbocycles. The third kappa shape index (κ3) is 1.87. The molecular formula is C11H11FN2O3. The van der Waals surface area contributed by atoms with Crippen LogP contribution in [-0.2, 0) is 4.79 Å². The monoisotopic (exact) mass is 238 g/mol. The largest absolute Gasteiger partial charge is 0.478 e. The molecule has 17 heavy (non-hydrogen) atoms. The van der Waals surface area contributed by atoms with Crippen LogP contribution in [-0.4, -0.2) is 27.6 Å². The summed E-state index contributed by atoms with van der Waals surface area (Å²) >= 11 is 0. The zero-order chi connectivity index (χ0) is 12.6. The lowest BCUT2D eigenvalue weighted by Gasteiger charge is -2.28. The fraction of sp³-hybridized carbons (Fsp3) is 0.273. The minimum Gasteiger partial charge on any atom is -0.478 e. The average Bonchev–Trinajstić information content (AvgIpc) is 2.57. The summed E-state index contributed by atoms with van der Waals surface area (Å²) in [4.78, 5) is 11.1. The van der Waals surface area contributed by atoms with Crippen molar-refractivity contribution in [1.29, 1.82) is 0 Å². The van der Waals surface area contributed by atoms with Gasteiger partial charge in [-0.1, -0.05) is 0 Å². The van der Waals surface area contributed by atoms with E-state index in [4.69, 9.17) is 5.11 Å². The summed E-state index contributed by atoms with van der Waals surface area (Å²) in [6.07, 6.45) is -0.0836. The lowest BCUT2D eigenvalue weighted by molar-refractivity contribution is -0.157. The van der Waals surface area contributed by atoms with E-state index in [0.29, 0.717) is 11.4 Å². The Bertz CT molecular complexity index is 486. The van der Waals surface area contributed by atoms with Gasteiger partial charge in [0.2, 0.25) is 0 Å². The molecule has 1 aliphatic rings. The maximum absolute atomic E-state index is 12.8. The van der Waals surface area contributed by atoms with Crippen molar-refractivity contribution in [2.45, 2.75) is 19.1 Å². The van der Waals surface area contributed by atoms with Gasteiger partial charge in [0.1, 0.15) is 5.82 Å². The second kappa shape index (κ2) is 3.81. The summed E-state index contributed by atoms with van der Waals surface area (Å²) in [6, 6.07) is 5.10. The van der Waals surface area contributed by atoms with Gasteiger partial charge in [0.25, 0.3) is 5.72 Å². The van der Waals surface area contributed by atoms with Crippen LogP contribution in [0.15, 0.2) is 29.4 Å². The Balaban J connectivity index is 2.42. The molecule has 1 unspecified atom stereocenters. The van der Waals surface area contributed by atoms with Crippen molar-refractivity contribution < 1.29 is 19.4 Å². The van der Waals surface area contributed by atoms with Gasteiger partial charge in [0, 0.05) is 12.1 Å². The molecule has 0 radical (unpaired) electrons. The van der Waals surface area contributed by atoms with Gasteiger partial charge in [-0.15, -0.1) is 0 Å². The van der Waals surface area contributed by atoms with E-state index in [1.165, 1.54) is 24.3 Å². The van der Waals surface area contributed by atoms with Crippen LogP contribution >= 0.6 is 0 Å². The van der Waals surface area contributed by atoms with Gasteiger partial charge in [-0.2, -0.15) is 5.10 Å². The molecule has 0 spiro atoms. The fourth-order valence-corrected chi connectivity index (χ4v) is 1.74. The predicted octanol–water partition coefficient (Wildman–Crippen LogP) is 1.18. The van der Waals surface area contributed by atoms with Crippen LogP contribution in [0.5, 0.6) is 0 Å². The third-order valence-corrected chi connectivity index (χ3v) is 2.54. The van der Waals surface area contributed by atoms with Gasteiger partial charge in [-0.25, -0.2) is 14.2 Å². The normalized spacial score (nSPS) is 23.7. The summed E-state index contributed by atoms with van der Waals surface area (Å²) < 4.78 is 12.8. The number of carboxylic acids is 1. The molecule has 0 bridgehead atoms. The number of halogens is 1. The predicted molar refractivity (Wildman–Crippen MR) is 59.2 cm³/mol. The molecule has 2 N–H and O–H groups in total. The Kier molecular flexibility index (Phi) is 2.59. The number of anilines is 1. The molecule has 1 atom stereocenters. The number of hydrogen-bond donors (Lipinski definition) is 2. The van der Waals surface area contributed by atoms with Gasteiger partial charge < -0.3 is 10.2 Å². The minimum atomic E-state index is -2.10. The highest BCUT2D eigenvalue weighted by Gasteiger charge is 2.47. The first-order valence-corrected chi connectivity index (χ1v) is 4.99. The molecule has 0 fully saturated rings. The van der Waals surface area contributed by atoms with Crippen LogP contribution < -0.4 is 5.01 Å². The molecule has 0 amide bonds. The molecule has 0 aromatic heterocycles. The van der Waals surface area contributed by atoms with E-state index in [9.17, 15) is 14.3 Å². The van der Waals surface area contributed by atoms with Gasteiger partial charge in [0.05, 0.1) is 5.69 Å². The van der Waals surface area contributed by atoms with Crippen LogP contribution in [0.3, 0.4) is 0 Å². The van der Waals surface area contributed by atoms with Crippen LogP contribution in [0.2, 0.25) is 0 Å². The highest BCUT2D eigenvalue weighted by Crippen LogP contribution is 2.31. The van der Waals surface area contributed by atoms with E-state index in [0.717, 1.165) is 5.01 Å². The smallest absolute Gasteiger partial charge is 0.359 e. The molecule has 1 aliphatic heterocycles. The maximum atomic E-state index is 12.8. The number of rotatable bonds is 2. The second-order valence-electron chi connectivity index (χ2n) is 3.92. The maximum Gasteiger partial charge on any atom is 0.359 e. The summed E-state index contributed by atoms with van der Waals surface area (Å²) in [5, 5.41) is 24.0. The van der Waals surface area contributed by atoms with Gasteiger partial charge in [-0.3, -0.25) is 0 Å².